The van der Waals surface area contributed by atoms with Gasteiger partial charge in [-0.3, -0.25) is 4.79 Å². The van der Waals surface area contributed by atoms with Crippen molar-refractivity contribution < 1.29 is 23.8 Å². The average molecular weight is 533 g/mol. The molecule has 0 saturated heterocycles. The molecule has 0 bridgehead atoms. The van der Waals surface area contributed by atoms with Crippen molar-refractivity contribution in [2.45, 2.75) is 84.7 Å². The first-order valence-corrected chi connectivity index (χ1v) is 14.0. The summed E-state index contributed by atoms with van der Waals surface area (Å²) in [5, 5.41) is 0. The Kier molecular flexibility index (Phi) is 12.6. The molecule has 0 aliphatic carbocycles. The van der Waals surface area contributed by atoms with Crippen molar-refractivity contribution in [3.05, 3.63) is 72.1 Å². The molecule has 39 heavy (non-hydrogen) atoms. The number of nitrogens with zero attached hydrogens (tertiary/aromatic N) is 2. The van der Waals surface area contributed by atoms with Gasteiger partial charge in [0.15, 0.2) is 5.82 Å². The summed E-state index contributed by atoms with van der Waals surface area (Å²) in [5.41, 5.74) is 2.35. The highest BCUT2D eigenvalue weighted by Gasteiger charge is 2.12. The highest BCUT2D eigenvalue weighted by molar-refractivity contribution is 5.91. The highest BCUT2D eigenvalue weighted by Crippen LogP contribution is 2.21. The topological polar surface area (TPSA) is 87.6 Å². The third kappa shape index (κ3) is 10.6. The van der Waals surface area contributed by atoms with E-state index in [-0.39, 0.29) is 18.5 Å². The fraction of sp³-hybridized carbons (Fsp3) is 0.438. The van der Waals surface area contributed by atoms with Gasteiger partial charge in [-0.15, -0.1) is 0 Å². The summed E-state index contributed by atoms with van der Waals surface area (Å²) in [6.45, 7) is 6.53. The number of aryl methyl sites for hydroxylation is 1. The van der Waals surface area contributed by atoms with E-state index in [4.69, 9.17) is 14.2 Å². The van der Waals surface area contributed by atoms with Crippen molar-refractivity contribution in [2.24, 2.45) is 0 Å². The molecule has 1 aromatic heterocycles. The fourth-order valence-electron chi connectivity index (χ4n) is 3.88. The number of hydrogen-bond acceptors (Lipinski definition) is 7. The van der Waals surface area contributed by atoms with Crippen LogP contribution in [0.25, 0.3) is 11.4 Å². The third-order valence-electron chi connectivity index (χ3n) is 6.45. The van der Waals surface area contributed by atoms with Crippen LogP contribution in [0.15, 0.2) is 60.9 Å². The smallest absolute Gasteiger partial charge is 0.343 e. The Morgan fingerprint density at radius 3 is 2.08 bits per heavy atom. The summed E-state index contributed by atoms with van der Waals surface area (Å²) in [6, 6.07) is 13.4. The van der Waals surface area contributed by atoms with Gasteiger partial charge in [-0.05, 0) is 80.3 Å². The zero-order chi connectivity index (χ0) is 27.9. The molecule has 0 saturated carbocycles. The molecular weight excluding hydrogens is 492 g/mol. The average Bonchev–Trinajstić information content (AvgIpc) is 2.96. The van der Waals surface area contributed by atoms with Gasteiger partial charge >= 0.3 is 11.9 Å². The number of aromatic nitrogens is 2. The van der Waals surface area contributed by atoms with Gasteiger partial charge in [-0.2, -0.15) is 0 Å². The minimum absolute atomic E-state index is 0.110. The van der Waals surface area contributed by atoms with Gasteiger partial charge in [0.2, 0.25) is 0 Å². The molecule has 0 radical (unpaired) electrons. The van der Waals surface area contributed by atoms with Crippen LogP contribution in [0.1, 0.15) is 88.1 Å². The van der Waals surface area contributed by atoms with Crippen LogP contribution in [0.3, 0.4) is 0 Å². The van der Waals surface area contributed by atoms with Crippen LogP contribution in [-0.2, 0) is 16.0 Å². The van der Waals surface area contributed by atoms with Crippen LogP contribution in [0, 0.1) is 0 Å². The Bertz CT molecular complexity index is 1140. The number of carbonyl (C=O) groups excluding carboxylic acids is 2. The van der Waals surface area contributed by atoms with E-state index in [1.54, 1.807) is 36.4 Å². The summed E-state index contributed by atoms with van der Waals surface area (Å²) in [4.78, 5) is 33.6. The molecule has 0 unspecified atom stereocenters. The minimum Gasteiger partial charge on any atom is -0.426 e. The molecule has 2 aromatic carbocycles. The molecular formula is C32H40N2O5. The molecule has 0 N–H and O–H groups in total. The maximum atomic E-state index is 12.6. The van der Waals surface area contributed by atoms with E-state index in [1.165, 1.54) is 32.1 Å². The van der Waals surface area contributed by atoms with Crippen molar-refractivity contribution in [3.63, 3.8) is 0 Å². The monoisotopic (exact) mass is 532 g/mol. The first-order valence-electron chi connectivity index (χ1n) is 14.0. The lowest BCUT2D eigenvalue weighted by molar-refractivity contribution is -0.135. The number of benzene rings is 2. The van der Waals surface area contributed by atoms with Gasteiger partial charge < -0.3 is 14.2 Å². The molecule has 208 valence electrons. The van der Waals surface area contributed by atoms with Crippen LogP contribution in [0.2, 0.25) is 0 Å². The van der Waals surface area contributed by atoms with Crippen LogP contribution in [0.5, 0.6) is 11.5 Å². The van der Waals surface area contributed by atoms with E-state index >= 15 is 0 Å². The fourth-order valence-corrected chi connectivity index (χ4v) is 3.88. The lowest BCUT2D eigenvalue weighted by atomic mass is 10.1. The number of rotatable bonds is 16. The zero-order valence-corrected chi connectivity index (χ0v) is 23.4. The summed E-state index contributed by atoms with van der Waals surface area (Å²) >= 11 is 0. The molecule has 7 heteroatoms. The van der Waals surface area contributed by atoms with E-state index in [9.17, 15) is 9.59 Å². The Morgan fingerprint density at radius 2 is 1.41 bits per heavy atom. The molecule has 0 amide bonds. The summed E-state index contributed by atoms with van der Waals surface area (Å²) in [7, 11) is 0. The van der Waals surface area contributed by atoms with Gasteiger partial charge in [0.05, 0.1) is 24.7 Å². The lowest BCUT2D eigenvalue weighted by Gasteiger charge is -2.10. The maximum absolute atomic E-state index is 12.6. The predicted molar refractivity (Wildman–Crippen MR) is 152 cm³/mol. The first-order chi connectivity index (χ1) is 19.0. The Hall–Kier alpha value is -3.58. The number of hydrogen-bond donors (Lipinski definition) is 0. The highest BCUT2D eigenvalue weighted by atomic mass is 16.5. The lowest BCUT2D eigenvalue weighted by Crippen LogP contribution is -2.15. The van der Waals surface area contributed by atoms with Crippen LogP contribution in [0.4, 0.5) is 0 Å². The summed E-state index contributed by atoms with van der Waals surface area (Å²) in [6.07, 6.45) is 13.5. The number of esters is 2. The summed E-state index contributed by atoms with van der Waals surface area (Å²) < 4.78 is 16.3. The Morgan fingerprint density at radius 1 is 0.795 bits per heavy atom. The second-order valence-corrected chi connectivity index (χ2v) is 9.68. The van der Waals surface area contributed by atoms with Gasteiger partial charge in [0.25, 0.3) is 0 Å². The van der Waals surface area contributed by atoms with Gasteiger partial charge in [0, 0.05) is 18.0 Å². The maximum Gasteiger partial charge on any atom is 0.343 e. The van der Waals surface area contributed by atoms with Crippen molar-refractivity contribution >= 4 is 11.9 Å². The molecule has 7 nitrogen and oxygen atoms in total. The molecule has 3 aromatic rings. The van der Waals surface area contributed by atoms with Crippen molar-refractivity contribution in [3.8, 4) is 22.9 Å². The molecule has 1 atom stereocenters. The van der Waals surface area contributed by atoms with Crippen molar-refractivity contribution in [1.82, 2.24) is 9.97 Å². The van der Waals surface area contributed by atoms with Gasteiger partial charge in [-0.1, -0.05) is 46.0 Å². The van der Waals surface area contributed by atoms with Crippen molar-refractivity contribution in [2.75, 3.05) is 6.61 Å². The third-order valence-corrected chi connectivity index (χ3v) is 6.45. The quantitative estimate of drug-likeness (QED) is 0.108. The minimum atomic E-state index is -0.502. The molecule has 0 fully saturated rings. The number of carbonyl (C=O) groups is 2. The number of ether oxygens (including phenoxy) is 3. The Balaban J connectivity index is 1.45. The molecule has 3 rings (SSSR count). The van der Waals surface area contributed by atoms with Gasteiger partial charge in [-0.25, -0.2) is 14.8 Å². The second-order valence-electron chi connectivity index (χ2n) is 9.68. The van der Waals surface area contributed by atoms with Crippen molar-refractivity contribution in [1.29, 1.82) is 0 Å². The first kappa shape index (κ1) is 30.0. The van der Waals surface area contributed by atoms with E-state index in [0.29, 0.717) is 29.5 Å². The predicted octanol–water partition coefficient (Wildman–Crippen LogP) is 7.38. The largest absolute Gasteiger partial charge is 0.426 e. The van der Waals surface area contributed by atoms with Gasteiger partial charge in [0.1, 0.15) is 11.5 Å². The molecule has 1 heterocycles. The SMILES string of the molecule is CCCCCCCCc1cnc(-c2ccc(OC(=O)c3ccc(OC(=O)CCO[C@@H](C)CC)cc3)cc2)nc1. The van der Waals surface area contributed by atoms with Crippen LogP contribution >= 0.6 is 0 Å². The standard InChI is InChI=1S/C32H40N2O5/c1-4-6-7-8-9-10-11-25-22-33-31(34-23-25)26-12-16-29(17-13-26)39-32(36)27-14-18-28(19-15-27)38-30(35)20-21-37-24(3)5-2/h12-19,22-24H,4-11,20-21H2,1-3H3/t24-/m0/s1. The van der Waals surface area contributed by atoms with Crippen LogP contribution in [-0.4, -0.2) is 34.6 Å². The number of unbranched alkanes of at least 4 members (excludes halogenated alkanes) is 5. The molecule has 0 spiro atoms. The van der Waals surface area contributed by atoms with E-state index in [0.717, 1.165) is 30.4 Å². The second kappa shape index (κ2) is 16.4. The Labute approximate surface area is 231 Å². The van der Waals surface area contributed by atoms with E-state index in [2.05, 4.69) is 16.9 Å². The van der Waals surface area contributed by atoms with E-state index < -0.39 is 5.97 Å². The molecule has 0 aliphatic heterocycles. The molecule has 0 aliphatic rings. The zero-order valence-electron chi connectivity index (χ0n) is 23.4. The van der Waals surface area contributed by atoms with E-state index in [1.807, 2.05) is 38.4 Å². The normalized spacial score (nSPS) is 11.7. The van der Waals surface area contributed by atoms with Crippen LogP contribution < -0.4 is 9.47 Å². The summed E-state index contributed by atoms with van der Waals surface area (Å²) in [5.74, 6) is 0.529.